The first-order valence-electron chi connectivity index (χ1n) is 19.9. The molecular weight excluding hydrogens is 735 g/mol. The Bertz CT molecular complexity index is 3690. The third-order valence-electron chi connectivity index (χ3n) is 11.9. The second-order valence-corrected chi connectivity index (χ2v) is 16.3. The van der Waals surface area contributed by atoms with Crippen LogP contribution in [0.5, 0.6) is 0 Å². The van der Waals surface area contributed by atoms with Crippen LogP contribution in [0.2, 0.25) is 0 Å². The molecule has 0 bridgehead atoms. The number of hydrogen-bond donors (Lipinski definition) is 0. The van der Waals surface area contributed by atoms with Crippen LogP contribution in [0.4, 0.5) is 0 Å². The van der Waals surface area contributed by atoms with Gasteiger partial charge in [-0.15, -0.1) is 11.3 Å². The van der Waals surface area contributed by atoms with Crippen LogP contribution in [-0.4, -0.2) is 9.13 Å². The minimum absolute atomic E-state index is 0.641. The second kappa shape index (κ2) is 13.2. The predicted molar refractivity (Wildman–Crippen MR) is 249 cm³/mol. The van der Waals surface area contributed by atoms with Gasteiger partial charge in [0.05, 0.1) is 33.7 Å². The number of thiophene rings is 1. The molecule has 0 radical (unpaired) electrons. The van der Waals surface area contributed by atoms with Crippen molar-refractivity contribution in [2.24, 2.45) is 0 Å². The monoisotopic (exact) mass is 767 g/mol. The molecule has 4 heteroatoms. The fourth-order valence-corrected chi connectivity index (χ4v) is 10.5. The Hall–Kier alpha value is -7.71. The predicted octanol–water partition coefficient (Wildman–Crippen LogP) is 15.1. The lowest BCUT2D eigenvalue weighted by molar-refractivity contribution is 1.18. The summed E-state index contributed by atoms with van der Waals surface area (Å²) in [5, 5.41) is 17.3. The molecule has 3 aromatic heterocycles. The van der Waals surface area contributed by atoms with E-state index in [4.69, 9.17) is 0 Å². The summed E-state index contributed by atoms with van der Waals surface area (Å²) in [6, 6.07) is 74.4. The van der Waals surface area contributed by atoms with Crippen molar-refractivity contribution in [1.82, 2.24) is 9.13 Å². The number of para-hydroxylation sites is 2. The zero-order chi connectivity index (χ0) is 39.0. The third kappa shape index (κ3) is 5.26. The van der Waals surface area contributed by atoms with E-state index in [0.717, 1.165) is 33.5 Å². The van der Waals surface area contributed by atoms with Crippen LogP contribution < -0.4 is 0 Å². The van der Waals surface area contributed by atoms with Crippen LogP contribution in [0.25, 0.3) is 109 Å². The Balaban J connectivity index is 1.02. The van der Waals surface area contributed by atoms with E-state index in [1.165, 1.54) is 75.0 Å². The Morgan fingerprint density at radius 1 is 0.356 bits per heavy atom. The summed E-state index contributed by atoms with van der Waals surface area (Å²) in [5.41, 5.74) is 14.5. The van der Waals surface area contributed by atoms with Gasteiger partial charge in [-0.25, -0.2) is 0 Å². The molecule has 0 N–H and O–H groups in total. The molecule has 12 rings (SSSR count). The van der Waals surface area contributed by atoms with Gasteiger partial charge in [-0.3, -0.25) is 0 Å². The van der Waals surface area contributed by atoms with Crippen LogP contribution in [0.15, 0.2) is 200 Å². The first-order valence-corrected chi connectivity index (χ1v) is 20.7. The topological polar surface area (TPSA) is 33.6 Å². The van der Waals surface area contributed by atoms with Crippen LogP contribution >= 0.6 is 11.3 Å². The van der Waals surface area contributed by atoms with Crippen LogP contribution in [-0.2, 0) is 0 Å². The highest BCUT2D eigenvalue weighted by atomic mass is 32.1. The van der Waals surface area contributed by atoms with E-state index < -0.39 is 0 Å². The van der Waals surface area contributed by atoms with Gasteiger partial charge in [0.2, 0.25) is 0 Å². The van der Waals surface area contributed by atoms with E-state index >= 15 is 0 Å². The molecule has 0 aliphatic carbocycles. The average Bonchev–Trinajstić information content (AvgIpc) is 3.96. The molecule has 0 fully saturated rings. The van der Waals surface area contributed by atoms with Crippen LogP contribution in [0.3, 0.4) is 0 Å². The summed E-state index contributed by atoms with van der Waals surface area (Å²) in [4.78, 5) is 0. The number of hydrogen-bond acceptors (Lipinski definition) is 2. The number of benzene rings is 9. The highest BCUT2D eigenvalue weighted by molar-refractivity contribution is 7.26. The highest BCUT2D eigenvalue weighted by Crippen LogP contribution is 2.43. The van der Waals surface area contributed by atoms with Gasteiger partial charge < -0.3 is 9.13 Å². The summed E-state index contributed by atoms with van der Waals surface area (Å²) in [6.07, 6.45) is 0. The summed E-state index contributed by atoms with van der Waals surface area (Å²) < 4.78 is 7.27. The molecule has 0 aliphatic heterocycles. The average molecular weight is 768 g/mol. The van der Waals surface area contributed by atoms with E-state index in [-0.39, 0.29) is 0 Å². The van der Waals surface area contributed by atoms with Crippen molar-refractivity contribution in [2.45, 2.75) is 0 Å². The Kier molecular flexibility index (Phi) is 7.47. The molecule has 274 valence electrons. The van der Waals surface area contributed by atoms with E-state index in [2.05, 4.69) is 197 Å². The quantitative estimate of drug-likeness (QED) is 0.172. The fraction of sp³-hybridized carbons (Fsp3) is 0. The molecule has 0 unspecified atom stereocenters. The maximum Gasteiger partial charge on any atom is 0.0992 e. The Morgan fingerprint density at radius 3 is 1.63 bits per heavy atom. The molecule has 3 nitrogen and oxygen atoms in total. The summed E-state index contributed by atoms with van der Waals surface area (Å²) in [5.74, 6) is 0. The Morgan fingerprint density at radius 2 is 0.881 bits per heavy atom. The highest BCUT2D eigenvalue weighted by Gasteiger charge is 2.18. The Labute approximate surface area is 344 Å². The molecule has 0 amide bonds. The first-order chi connectivity index (χ1) is 29.2. The number of nitriles is 1. The molecule has 0 spiro atoms. The van der Waals surface area contributed by atoms with E-state index in [1.54, 1.807) is 0 Å². The normalized spacial score (nSPS) is 11.7. The van der Waals surface area contributed by atoms with Crippen LogP contribution in [0.1, 0.15) is 5.56 Å². The number of fused-ring (bicyclic) bond motifs is 9. The van der Waals surface area contributed by atoms with E-state index in [9.17, 15) is 5.26 Å². The molecular formula is C55H33N3S. The zero-order valence-corrected chi connectivity index (χ0v) is 32.6. The van der Waals surface area contributed by atoms with Crippen molar-refractivity contribution in [3.8, 4) is 50.8 Å². The van der Waals surface area contributed by atoms with Crippen molar-refractivity contribution in [3.05, 3.63) is 206 Å². The summed E-state index contributed by atoms with van der Waals surface area (Å²) in [6.45, 7) is 0. The number of nitrogens with zero attached hydrogens (tertiary/aromatic N) is 3. The third-order valence-corrected chi connectivity index (χ3v) is 13.1. The molecule has 59 heavy (non-hydrogen) atoms. The van der Waals surface area contributed by atoms with Crippen molar-refractivity contribution in [2.75, 3.05) is 0 Å². The van der Waals surface area contributed by atoms with E-state index in [0.29, 0.717) is 5.56 Å². The molecule has 12 aromatic rings. The molecule has 9 aromatic carbocycles. The number of aromatic nitrogens is 2. The van der Waals surface area contributed by atoms with E-state index in [1.807, 2.05) is 29.5 Å². The van der Waals surface area contributed by atoms with Gasteiger partial charge in [0.25, 0.3) is 0 Å². The second-order valence-electron chi connectivity index (χ2n) is 15.2. The van der Waals surface area contributed by atoms with Crippen molar-refractivity contribution >= 4 is 75.1 Å². The summed E-state index contributed by atoms with van der Waals surface area (Å²) >= 11 is 1.86. The fourth-order valence-electron chi connectivity index (χ4n) is 9.22. The SMILES string of the molecule is N#Cc1cccc(-n2c3ccc(-c4cccc(-c5ccc6c(c5)c5ccccc5n6-c5ccccc5)c4)cc3c3cc(-c4cccc5c4sc4ccccc45)ccc32)c1. The molecule has 3 heterocycles. The van der Waals surface area contributed by atoms with Crippen LogP contribution in [0, 0.1) is 11.3 Å². The molecule has 0 saturated heterocycles. The van der Waals surface area contributed by atoms with Gasteiger partial charge in [0.15, 0.2) is 0 Å². The lowest BCUT2D eigenvalue weighted by Gasteiger charge is -2.10. The largest absolute Gasteiger partial charge is 0.309 e. The van der Waals surface area contributed by atoms with Crippen molar-refractivity contribution in [3.63, 3.8) is 0 Å². The minimum Gasteiger partial charge on any atom is -0.309 e. The lowest BCUT2D eigenvalue weighted by atomic mass is 9.96. The number of rotatable bonds is 5. The summed E-state index contributed by atoms with van der Waals surface area (Å²) in [7, 11) is 0. The first kappa shape index (κ1) is 33.4. The minimum atomic E-state index is 0.641. The standard InChI is InChI=1S/C55H33N3S/c56-34-35-11-8-16-42(29-35)58-52-27-24-39(32-48(52)49-33-40(25-28-53(49)58)43-19-10-20-46-45-18-5-7-22-54(45)59-55(43)46)37-13-9-12-36(30-37)38-23-26-51-47(31-38)44-17-4-6-21-50(44)57(51)41-14-2-1-3-15-41/h1-33H. The van der Waals surface area contributed by atoms with Crippen molar-refractivity contribution < 1.29 is 0 Å². The maximum absolute atomic E-state index is 9.84. The van der Waals surface area contributed by atoms with Crippen molar-refractivity contribution in [1.29, 1.82) is 5.26 Å². The molecule has 0 aliphatic rings. The zero-order valence-electron chi connectivity index (χ0n) is 31.8. The van der Waals surface area contributed by atoms with Gasteiger partial charge in [-0.2, -0.15) is 5.26 Å². The van der Waals surface area contributed by atoms with Gasteiger partial charge >= 0.3 is 0 Å². The maximum atomic E-state index is 9.84. The van der Waals surface area contributed by atoms with Gasteiger partial charge in [0.1, 0.15) is 0 Å². The molecule has 0 saturated carbocycles. The van der Waals surface area contributed by atoms with Gasteiger partial charge in [-0.05, 0) is 118 Å². The van der Waals surface area contributed by atoms with Gasteiger partial charge in [-0.1, -0.05) is 115 Å². The smallest absolute Gasteiger partial charge is 0.0992 e. The lowest BCUT2D eigenvalue weighted by Crippen LogP contribution is -1.94. The van der Waals surface area contributed by atoms with Gasteiger partial charge in [0, 0.05) is 53.1 Å². The molecule has 0 atom stereocenters.